The number of amides is 1. The Kier molecular flexibility index (Phi) is 4.60. The number of hydrogen-bond acceptors (Lipinski definition) is 2. The van der Waals surface area contributed by atoms with E-state index in [0.29, 0.717) is 12.5 Å². The molecule has 0 rings (SSSR count). The number of nitrogens with one attached hydrogen (secondary N) is 1. The van der Waals surface area contributed by atoms with Crippen LogP contribution in [0.3, 0.4) is 0 Å². The summed E-state index contributed by atoms with van der Waals surface area (Å²) in [5.41, 5.74) is -0.985. The van der Waals surface area contributed by atoms with Crippen LogP contribution in [0.15, 0.2) is 0 Å². The summed E-state index contributed by atoms with van der Waals surface area (Å²) < 4.78 is 0. The van der Waals surface area contributed by atoms with Crippen molar-refractivity contribution in [2.75, 3.05) is 6.54 Å². The van der Waals surface area contributed by atoms with Gasteiger partial charge < -0.3 is 10.4 Å². The molecule has 0 saturated heterocycles. The van der Waals surface area contributed by atoms with Crippen molar-refractivity contribution in [2.45, 2.75) is 34.1 Å². The number of carbonyl (C=O) groups excluding carboxylic acids is 1. The third kappa shape index (κ3) is 4.84. The van der Waals surface area contributed by atoms with Gasteiger partial charge in [-0.25, -0.2) is 0 Å². The zero-order valence-corrected chi connectivity index (χ0v) is 9.26. The van der Waals surface area contributed by atoms with Gasteiger partial charge in [0.2, 0.25) is 5.91 Å². The number of carboxylic acid groups (broad SMARTS) is 1. The molecule has 0 aliphatic carbocycles. The summed E-state index contributed by atoms with van der Waals surface area (Å²) in [5.74, 6) is -0.768. The second kappa shape index (κ2) is 4.98. The van der Waals surface area contributed by atoms with Gasteiger partial charge in [-0.15, -0.1) is 0 Å². The Morgan fingerprint density at radius 1 is 1.36 bits per heavy atom. The van der Waals surface area contributed by atoms with Crippen molar-refractivity contribution in [3.05, 3.63) is 0 Å². The molecule has 0 heterocycles. The molecule has 2 N–H and O–H groups in total. The molecule has 0 aromatic carbocycles. The summed E-state index contributed by atoms with van der Waals surface area (Å²) >= 11 is 0. The zero-order chi connectivity index (χ0) is 11.4. The average molecular weight is 201 g/mol. The fourth-order valence-electron chi connectivity index (χ4n) is 0.857. The molecule has 0 aliphatic rings. The molecule has 0 aromatic rings. The molecule has 0 aliphatic heterocycles. The summed E-state index contributed by atoms with van der Waals surface area (Å²) in [6, 6.07) is 0. The van der Waals surface area contributed by atoms with Crippen LogP contribution in [0.25, 0.3) is 0 Å². The van der Waals surface area contributed by atoms with Crippen LogP contribution in [-0.2, 0) is 9.59 Å². The van der Waals surface area contributed by atoms with Crippen molar-refractivity contribution >= 4 is 11.9 Å². The topological polar surface area (TPSA) is 66.4 Å². The molecule has 1 amide bonds. The molecule has 0 radical (unpaired) electrons. The first-order valence-corrected chi connectivity index (χ1v) is 4.76. The third-order valence-corrected chi connectivity index (χ3v) is 1.89. The monoisotopic (exact) mass is 201 g/mol. The van der Waals surface area contributed by atoms with Crippen molar-refractivity contribution in [3.63, 3.8) is 0 Å². The minimum atomic E-state index is -0.985. The van der Waals surface area contributed by atoms with Gasteiger partial charge in [-0.3, -0.25) is 9.59 Å². The number of carbonyl (C=O) groups is 2. The Balaban J connectivity index is 4.00. The summed E-state index contributed by atoms with van der Waals surface area (Å²) in [5, 5.41) is 11.5. The SMILES string of the molecule is CC(C)CNC(=O)CC(C)(C)C(=O)O. The highest BCUT2D eigenvalue weighted by molar-refractivity contribution is 5.84. The normalized spacial score (nSPS) is 11.5. The lowest BCUT2D eigenvalue weighted by Crippen LogP contribution is -2.34. The molecular formula is C10H19NO3. The van der Waals surface area contributed by atoms with Gasteiger partial charge in [-0.1, -0.05) is 13.8 Å². The van der Waals surface area contributed by atoms with Gasteiger partial charge in [0.05, 0.1) is 5.41 Å². The van der Waals surface area contributed by atoms with E-state index in [1.165, 1.54) is 0 Å². The lowest BCUT2D eigenvalue weighted by Gasteiger charge is -2.18. The molecular weight excluding hydrogens is 182 g/mol. The van der Waals surface area contributed by atoms with Crippen molar-refractivity contribution < 1.29 is 14.7 Å². The van der Waals surface area contributed by atoms with E-state index >= 15 is 0 Å². The second-order valence-electron chi connectivity index (χ2n) is 4.56. The zero-order valence-electron chi connectivity index (χ0n) is 9.26. The largest absolute Gasteiger partial charge is 0.481 e. The van der Waals surface area contributed by atoms with Crippen LogP contribution in [0.5, 0.6) is 0 Å². The molecule has 0 atom stereocenters. The maximum atomic E-state index is 11.3. The van der Waals surface area contributed by atoms with E-state index in [4.69, 9.17) is 5.11 Å². The van der Waals surface area contributed by atoms with Crippen LogP contribution >= 0.6 is 0 Å². The average Bonchev–Trinajstić information content (AvgIpc) is 1.99. The van der Waals surface area contributed by atoms with Crippen LogP contribution in [0.4, 0.5) is 0 Å². The predicted molar refractivity (Wildman–Crippen MR) is 53.9 cm³/mol. The Morgan fingerprint density at radius 2 is 1.86 bits per heavy atom. The van der Waals surface area contributed by atoms with Crippen LogP contribution in [0.1, 0.15) is 34.1 Å². The summed E-state index contributed by atoms with van der Waals surface area (Å²) in [6.45, 7) is 7.66. The fourth-order valence-corrected chi connectivity index (χ4v) is 0.857. The van der Waals surface area contributed by atoms with Gasteiger partial charge in [0.15, 0.2) is 0 Å². The van der Waals surface area contributed by atoms with Crippen molar-refractivity contribution in [1.29, 1.82) is 0 Å². The van der Waals surface area contributed by atoms with Gasteiger partial charge in [-0.2, -0.15) is 0 Å². The predicted octanol–water partition coefficient (Wildman–Crippen LogP) is 1.26. The molecule has 0 fully saturated rings. The highest BCUT2D eigenvalue weighted by Crippen LogP contribution is 2.19. The van der Waals surface area contributed by atoms with E-state index in [9.17, 15) is 9.59 Å². The van der Waals surface area contributed by atoms with E-state index in [1.54, 1.807) is 13.8 Å². The van der Waals surface area contributed by atoms with Crippen molar-refractivity contribution in [1.82, 2.24) is 5.32 Å². The Morgan fingerprint density at radius 3 is 2.21 bits per heavy atom. The van der Waals surface area contributed by atoms with Gasteiger partial charge in [0.1, 0.15) is 0 Å². The molecule has 0 spiro atoms. The number of carboxylic acids is 1. The number of aliphatic carboxylic acids is 1. The van der Waals surface area contributed by atoms with Crippen LogP contribution in [0.2, 0.25) is 0 Å². The number of rotatable bonds is 5. The Bertz CT molecular complexity index is 221. The molecule has 14 heavy (non-hydrogen) atoms. The van der Waals surface area contributed by atoms with Gasteiger partial charge in [0.25, 0.3) is 0 Å². The lowest BCUT2D eigenvalue weighted by molar-refractivity contribution is -0.149. The van der Waals surface area contributed by atoms with E-state index in [0.717, 1.165) is 0 Å². The smallest absolute Gasteiger partial charge is 0.309 e. The number of hydrogen-bond donors (Lipinski definition) is 2. The fraction of sp³-hybridized carbons (Fsp3) is 0.800. The summed E-state index contributed by atoms with van der Waals surface area (Å²) in [7, 11) is 0. The van der Waals surface area contributed by atoms with Crippen molar-refractivity contribution in [3.8, 4) is 0 Å². The summed E-state index contributed by atoms with van der Waals surface area (Å²) in [4.78, 5) is 22.0. The standard InChI is InChI=1S/C10H19NO3/c1-7(2)6-11-8(12)5-10(3,4)9(13)14/h7H,5-6H2,1-4H3,(H,11,12)(H,13,14). The Labute approximate surface area is 84.7 Å². The molecule has 4 nitrogen and oxygen atoms in total. The summed E-state index contributed by atoms with van der Waals surface area (Å²) in [6.07, 6.45) is 0.0229. The van der Waals surface area contributed by atoms with E-state index in [2.05, 4.69) is 5.32 Å². The van der Waals surface area contributed by atoms with Crippen molar-refractivity contribution in [2.24, 2.45) is 11.3 Å². The van der Waals surface area contributed by atoms with Crippen LogP contribution < -0.4 is 5.32 Å². The first-order valence-electron chi connectivity index (χ1n) is 4.76. The van der Waals surface area contributed by atoms with E-state index in [-0.39, 0.29) is 12.3 Å². The lowest BCUT2D eigenvalue weighted by atomic mass is 9.89. The van der Waals surface area contributed by atoms with Crippen LogP contribution in [0, 0.1) is 11.3 Å². The molecule has 0 bridgehead atoms. The Hall–Kier alpha value is -1.06. The highest BCUT2D eigenvalue weighted by atomic mass is 16.4. The first kappa shape index (κ1) is 12.9. The van der Waals surface area contributed by atoms with Crippen LogP contribution in [-0.4, -0.2) is 23.5 Å². The van der Waals surface area contributed by atoms with E-state index < -0.39 is 11.4 Å². The van der Waals surface area contributed by atoms with Gasteiger partial charge in [0, 0.05) is 13.0 Å². The highest BCUT2D eigenvalue weighted by Gasteiger charge is 2.29. The van der Waals surface area contributed by atoms with E-state index in [1.807, 2.05) is 13.8 Å². The second-order valence-corrected chi connectivity index (χ2v) is 4.56. The molecule has 0 unspecified atom stereocenters. The first-order chi connectivity index (χ1) is 6.25. The van der Waals surface area contributed by atoms with Gasteiger partial charge in [-0.05, 0) is 19.8 Å². The molecule has 4 heteroatoms. The molecule has 82 valence electrons. The third-order valence-electron chi connectivity index (χ3n) is 1.89. The maximum Gasteiger partial charge on any atom is 0.309 e. The minimum Gasteiger partial charge on any atom is -0.481 e. The maximum absolute atomic E-state index is 11.3. The molecule has 0 saturated carbocycles. The minimum absolute atomic E-state index is 0.0229. The molecule has 0 aromatic heterocycles. The van der Waals surface area contributed by atoms with Gasteiger partial charge >= 0.3 is 5.97 Å². The quantitative estimate of drug-likeness (QED) is 0.703.